The number of carbonyl (C=O) groups excluding carboxylic acids is 1. The molecule has 0 bridgehead atoms. The van der Waals surface area contributed by atoms with Crippen LogP contribution < -0.4 is 0 Å². The average Bonchev–Trinajstić information content (AvgIpc) is 3.57. The summed E-state index contributed by atoms with van der Waals surface area (Å²) in [6, 6.07) is 0. The van der Waals surface area contributed by atoms with Gasteiger partial charge in [0.2, 0.25) is 0 Å². The maximum absolute atomic E-state index is 12.3. The van der Waals surface area contributed by atoms with Gasteiger partial charge in [0, 0.05) is 18.5 Å². The highest BCUT2D eigenvalue weighted by molar-refractivity contribution is 6.74. The van der Waals surface area contributed by atoms with Crippen molar-refractivity contribution in [3.63, 3.8) is 0 Å². The fourth-order valence-electron chi connectivity index (χ4n) is 10.6. The third kappa shape index (κ3) is 5.46. The second kappa shape index (κ2) is 11.6. The summed E-state index contributed by atoms with van der Waals surface area (Å²) >= 11 is 0. The molecule has 5 rings (SSSR count). The summed E-state index contributed by atoms with van der Waals surface area (Å²) in [5.74, 6) is 3.61. The number of rotatable bonds is 7. The van der Waals surface area contributed by atoms with Gasteiger partial charge in [0.25, 0.3) is 0 Å². The molecule has 0 radical (unpaired) electrons. The molecule has 1 N–H and O–H groups in total. The molecule has 7 heteroatoms. The SMILES string of the molecule is CC[C@H]1[C@@H](O)[C@@H]2[C@H](CC[C@]3(C)[C@@H]([C@H](C)CCOC(=O)n4ccnc4)CC[C@@H]23)[C@@]2(C)CCC(O[Si](C)(C)C(C)(C)C)C[C@@H]12. The smallest absolute Gasteiger partial charge is 0.419 e. The molecule has 238 valence electrons. The van der Waals surface area contributed by atoms with Crippen molar-refractivity contribution in [2.24, 2.45) is 52.3 Å². The number of aromatic nitrogens is 2. The topological polar surface area (TPSA) is 73.6 Å². The molecule has 4 fully saturated rings. The average molecular weight is 601 g/mol. The van der Waals surface area contributed by atoms with Gasteiger partial charge in [-0.3, -0.25) is 0 Å². The van der Waals surface area contributed by atoms with Gasteiger partial charge in [-0.05, 0) is 122 Å². The molecule has 1 aromatic rings. The molecule has 11 atom stereocenters. The van der Waals surface area contributed by atoms with Gasteiger partial charge in [-0.15, -0.1) is 0 Å². The largest absolute Gasteiger partial charge is 0.449 e. The van der Waals surface area contributed by atoms with Crippen LogP contribution in [0, 0.1) is 52.3 Å². The van der Waals surface area contributed by atoms with Gasteiger partial charge in [-0.1, -0.05) is 54.9 Å². The zero-order valence-electron chi connectivity index (χ0n) is 28.1. The number of nitrogens with zero attached hydrogens (tertiary/aromatic N) is 2. The Bertz CT molecular complexity index is 1090. The van der Waals surface area contributed by atoms with Crippen LogP contribution in [0.3, 0.4) is 0 Å². The van der Waals surface area contributed by atoms with Crippen LogP contribution in [0.1, 0.15) is 106 Å². The van der Waals surface area contributed by atoms with Crippen LogP contribution in [0.15, 0.2) is 18.7 Å². The lowest BCUT2D eigenvalue weighted by Gasteiger charge is -2.65. The van der Waals surface area contributed by atoms with E-state index in [1.54, 1.807) is 12.4 Å². The summed E-state index contributed by atoms with van der Waals surface area (Å²) < 4.78 is 14.0. The lowest BCUT2D eigenvalue weighted by atomic mass is 9.41. The Morgan fingerprint density at radius 2 is 1.79 bits per heavy atom. The molecule has 0 saturated heterocycles. The monoisotopic (exact) mass is 600 g/mol. The summed E-state index contributed by atoms with van der Waals surface area (Å²) in [5.41, 5.74) is 0.546. The van der Waals surface area contributed by atoms with Crippen molar-refractivity contribution in [2.45, 2.75) is 137 Å². The second-order valence-corrected chi connectivity index (χ2v) is 21.6. The third-order valence-corrected chi connectivity index (χ3v) is 18.4. The van der Waals surface area contributed by atoms with Gasteiger partial charge in [0.05, 0.1) is 12.7 Å². The number of carbonyl (C=O) groups is 1. The van der Waals surface area contributed by atoms with Crippen LogP contribution in [0.2, 0.25) is 18.1 Å². The zero-order chi connectivity index (χ0) is 30.7. The summed E-state index contributed by atoms with van der Waals surface area (Å²) in [4.78, 5) is 16.2. The lowest BCUT2D eigenvalue weighted by molar-refractivity contribution is -0.202. The van der Waals surface area contributed by atoms with Crippen LogP contribution >= 0.6 is 0 Å². The van der Waals surface area contributed by atoms with E-state index in [4.69, 9.17) is 9.16 Å². The van der Waals surface area contributed by atoms with Crippen LogP contribution in [0.5, 0.6) is 0 Å². The van der Waals surface area contributed by atoms with Crippen LogP contribution in [-0.4, -0.2) is 47.9 Å². The maximum Gasteiger partial charge on any atom is 0.419 e. The van der Waals surface area contributed by atoms with Crippen molar-refractivity contribution in [3.05, 3.63) is 18.7 Å². The van der Waals surface area contributed by atoms with Gasteiger partial charge in [0.1, 0.15) is 6.33 Å². The third-order valence-electron chi connectivity index (χ3n) is 13.9. The van der Waals surface area contributed by atoms with E-state index in [1.807, 2.05) is 0 Å². The second-order valence-electron chi connectivity index (χ2n) is 16.8. The number of aliphatic hydroxyl groups excluding tert-OH is 1. The number of aliphatic hydroxyl groups is 1. The normalized spacial score (nSPS) is 41.0. The molecule has 6 nitrogen and oxygen atoms in total. The molecule has 4 aliphatic carbocycles. The van der Waals surface area contributed by atoms with Crippen LogP contribution in [0.4, 0.5) is 4.79 Å². The predicted molar refractivity (Wildman–Crippen MR) is 171 cm³/mol. The molecule has 1 aromatic heterocycles. The first-order valence-electron chi connectivity index (χ1n) is 17.1. The minimum Gasteiger partial charge on any atom is -0.449 e. The first kappa shape index (κ1) is 32.2. The Hall–Kier alpha value is -1.18. The number of imidazole rings is 1. The molecule has 4 aliphatic rings. The molecule has 1 heterocycles. The van der Waals surface area contributed by atoms with E-state index in [-0.39, 0.29) is 22.7 Å². The van der Waals surface area contributed by atoms with E-state index in [0.717, 1.165) is 19.3 Å². The fourth-order valence-corrected chi connectivity index (χ4v) is 12.0. The van der Waals surface area contributed by atoms with Gasteiger partial charge in [0.15, 0.2) is 8.32 Å². The lowest BCUT2D eigenvalue weighted by Crippen LogP contribution is -2.62. The highest BCUT2D eigenvalue weighted by Crippen LogP contribution is 2.69. The van der Waals surface area contributed by atoms with E-state index in [9.17, 15) is 9.90 Å². The molecule has 0 aromatic carbocycles. The van der Waals surface area contributed by atoms with Crippen molar-refractivity contribution >= 4 is 14.4 Å². The number of hydrogen-bond acceptors (Lipinski definition) is 5. The number of ether oxygens (including phenoxy) is 1. The quantitative estimate of drug-likeness (QED) is 0.318. The Morgan fingerprint density at radius 3 is 2.43 bits per heavy atom. The number of hydrogen-bond donors (Lipinski definition) is 1. The Morgan fingerprint density at radius 1 is 1.10 bits per heavy atom. The minimum absolute atomic E-state index is 0.209. The molecular weight excluding hydrogens is 540 g/mol. The van der Waals surface area contributed by atoms with Gasteiger partial charge in [-0.2, -0.15) is 0 Å². The van der Waals surface area contributed by atoms with Crippen LogP contribution in [-0.2, 0) is 9.16 Å². The van der Waals surface area contributed by atoms with Crippen LogP contribution in [0.25, 0.3) is 0 Å². The molecular formula is C35H60N2O4Si. The van der Waals surface area contributed by atoms with Crippen molar-refractivity contribution in [2.75, 3.05) is 6.61 Å². The fraction of sp³-hybridized carbons (Fsp3) is 0.886. The van der Waals surface area contributed by atoms with Gasteiger partial charge >= 0.3 is 6.09 Å². The summed E-state index contributed by atoms with van der Waals surface area (Å²) in [6.07, 6.45) is 15.0. The molecule has 1 unspecified atom stereocenters. The Balaban J connectivity index is 1.29. The van der Waals surface area contributed by atoms with Gasteiger partial charge in [-0.25, -0.2) is 14.3 Å². The maximum atomic E-state index is 12.3. The first-order valence-corrected chi connectivity index (χ1v) is 20.1. The summed E-state index contributed by atoms with van der Waals surface area (Å²) in [7, 11) is -1.83. The molecule has 4 saturated carbocycles. The van der Waals surface area contributed by atoms with E-state index in [0.29, 0.717) is 59.6 Å². The van der Waals surface area contributed by atoms with Crippen molar-refractivity contribution in [1.82, 2.24) is 9.55 Å². The standard InChI is InChI=1S/C35H60N2O4Si/c1-10-25-29-21-24(41-42(8,9)33(3,4)5)13-16-35(29,7)28-14-17-34(6)26(11-12-27(34)30(28)31(25)38)23(2)15-20-40-32(39)37-19-18-36-22-37/h18-19,22-31,38H,10-17,20-21H2,1-9H3/t23-,24?,25-,26-,27+,28+,29+,30+,31-,34-,35-/m1/s1. The Kier molecular flexibility index (Phi) is 8.92. The van der Waals surface area contributed by atoms with Crippen molar-refractivity contribution in [1.29, 1.82) is 0 Å². The number of fused-ring (bicyclic) bond motifs is 5. The van der Waals surface area contributed by atoms with Crippen molar-refractivity contribution < 1.29 is 19.1 Å². The molecule has 0 spiro atoms. The van der Waals surface area contributed by atoms with E-state index < -0.39 is 8.32 Å². The predicted octanol–water partition coefficient (Wildman–Crippen LogP) is 8.55. The molecule has 0 aliphatic heterocycles. The molecule has 0 amide bonds. The molecule has 42 heavy (non-hydrogen) atoms. The van der Waals surface area contributed by atoms with E-state index >= 15 is 0 Å². The summed E-state index contributed by atoms with van der Waals surface area (Å²) in [6.45, 7) is 22.1. The zero-order valence-corrected chi connectivity index (χ0v) is 29.1. The minimum atomic E-state index is -1.83. The van der Waals surface area contributed by atoms with Crippen molar-refractivity contribution in [3.8, 4) is 0 Å². The highest BCUT2D eigenvalue weighted by Gasteiger charge is 2.65. The first-order chi connectivity index (χ1) is 19.6. The van der Waals surface area contributed by atoms with E-state index in [1.165, 1.54) is 49.4 Å². The Labute approximate surface area is 256 Å². The summed E-state index contributed by atoms with van der Waals surface area (Å²) in [5, 5.41) is 12.5. The van der Waals surface area contributed by atoms with E-state index in [2.05, 4.69) is 66.5 Å². The van der Waals surface area contributed by atoms with Gasteiger partial charge < -0.3 is 14.3 Å². The highest BCUT2D eigenvalue weighted by atomic mass is 28.4.